The molecule has 0 atom stereocenters. The lowest BCUT2D eigenvalue weighted by atomic mass is 10.1. The molecule has 3 amide bonds. The van der Waals surface area contributed by atoms with E-state index < -0.39 is 17.7 Å². The number of nitrogens with one attached hydrogen (secondary N) is 1. The lowest BCUT2D eigenvalue weighted by molar-refractivity contribution is -0.114. The summed E-state index contributed by atoms with van der Waals surface area (Å²) < 4.78 is 6.26. The van der Waals surface area contributed by atoms with Gasteiger partial charge in [-0.25, -0.2) is 9.79 Å². The molecule has 8 nitrogen and oxygen atoms in total. The largest absolute Gasteiger partial charge is 0.379 e. The molecule has 2 heterocycles. The minimum atomic E-state index is -0.576. The summed E-state index contributed by atoms with van der Waals surface area (Å²) in [5.74, 6) is -1.14. The molecular formula is C21H19BrN4O4. The first kappa shape index (κ1) is 20.4. The minimum Gasteiger partial charge on any atom is -0.379 e. The van der Waals surface area contributed by atoms with E-state index >= 15 is 0 Å². The summed E-state index contributed by atoms with van der Waals surface area (Å²) in [4.78, 5) is 44.4. The van der Waals surface area contributed by atoms with Gasteiger partial charge in [0.1, 0.15) is 0 Å². The molecule has 154 valence electrons. The number of carbonyl (C=O) groups is 3. The van der Waals surface area contributed by atoms with Gasteiger partial charge < -0.3 is 10.1 Å². The number of morpholine rings is 1. The van der Waals surface area contributed by atoms with E-state index in [1.807, 2.05) is 24.3 Å². The predicted octanol–water partition coefficient (Wildman–Crippen LogP) is 2.92. The number of Topliss-reactive ketones (excluding diaryl/α,β-unsaturated/α-hetero) is 1. The lowest BCUT2D eigenvalue weighted by Crippen LogP contribution is -2.45. The number of benzene rings is 2. The minimum absolute atomic E-state index is 0.281. The zero-order valence-electron chi connectivity index (χ0n) is 16.0. The number of anilines is 2. The van der Waals surface area contributed by atoms with E-state index in [-0.39, 0.29) is 5.56 Å². The van der Waals surface area contributed by atoms with Crippen LogP contribution in [0, 0.1) is 0 Å². The Hall–Kier alpha value is -2.88. The van der Waals surface area contributed by atoms with E-state index in [0.29, 0.717) is 44.3 Å². The van der Waals surface area contributed by atoms with Crippen molar-refractivity contribution in [3.05, 3.63) is 58.1 Å². The highest BCUT2D eigenvalue weighted by atomic mass is 79.9. The van der Waals surface area contributed by atoms with E-state index in [1.165, 1.54) is 17.2 Å². The maximum atomic E-state index is 12.5. The second kappa shape index (κ2) is 8.86. The van der Waals surface area contributed by atoms with Crippen LogP contribution in [0.5, 0.6) is 0 Å². The molecule has 4 rings (SSSR count). The molecule has 0 unspecified atom stereocenters. The monoisotopic (exact) mass is 470 g/mol. The van der Waals surface area contributed by atoms with Crippen LogP contribution in [0.2, 0.25) is 0 Å². The number of ketones is 1. The van der Waals surface area contributed by atoms with Crippen molar-refractivity contribution in [1.82, 2.24) is 4.90 Å². The number of aliphatic imine (C=N–C) groups is 1. The molecule has 2 aromatic carbocycles. The molecule has 30 heavy (non-hydrogen) atoms. The fourth-order valence-corrected chi connectivity index (χ4v) is 3.56. The van der Waals surface area contributed by atoms with Gasteiger partial charge >= 0.3 is 11.9 Å². The molecular weight excluding hydrogens is 452 g/mol. The second-order valence-electron chi connectivity index (χ2n) is 6.91. The average Bonchev–Trinajstić information content (AvgIpc) is 2.99. The molecule has 0 radical (unpaired) electrons. The molecule has 0 spiro atoms. The molecule has 1 N–H and O–H groups in total. The quantitative estimate of drug-likeness (QED) is 0.547. The van der Waals surface area contributed by atoms with E-state index in [2.05, 4.69) is 31.1 Å². The van der Waals surface area contributed by atoms with Gasteiger partial charge in [0.25, 0.3) is 5.78 Å². The Labute approximate surface area is 181 Å². The fourth-order valence-electron chi connectivity index (χ4n) is 3.30. The van der Waals surface area contributed by atoms with Crippen LogP contribution in [0.15, 0.2) is 51.9 Å². The van der Waals surface area contributed by atoms with Gasteiger partial charge in [-0.15, -0.1) is 0 Å². The van der Waals surface area contributed by atoms with Crippen LogP contribution in [0.25, 0.3) is 0 Å². The van der Waals surface area contributed by atoms with Crippen molar-refractivity contribution >= 4 is 51.2 Å². The van der Waals surface area contributed by atoms with Crippen molar-refractivity contribution in [2.24, 2.45) is 4.99 Å². The number of hydrogen-bond acceptors (Lipinski definition) is 5. The predicted molar refractivity (Wildman–Crippen MR) is 116 cm³/mol. The molecule has 0 saturated carbocycles. The fraction of sp³-hybridized carbons (Fsp3) is 0.238. The van der Waals surface area contributed by atoms with Crippen LogP contribution in [0.4, 0.5) is 16.2 Å². The van der Waals surface area contributed by atoms with Gasteiger partial charge in [0.05, 0.1) is 31.1 Å². The Morgan fingerprint density at radius 3 is 2.60 bits per heavy atom. The topological polar surface area (TPSA) is 91.3 Å². The highest BCUT2D eigenvalue weighted by Gasteiger charge is 2.37. The third kappa shape index (κ3) is 4.48. The summed E-state index contributed by atoms with van der Waals surface area (Å²) in [5.41, 5.74) is 2.01. The smallest absolute Gasteiger partial charge is 0.345 e. The molecule has 1 fully saturated rings. The number of hydrogen-bond donors (Lipinski definition) is 1. The summed E-state index contributed by atoms with van der Waals surface area (Å²) in [6.45, 7) is 2.96. The zero-order valence-corrected chi connectivity index (χ0v) is 17.6. The Kier molecular flexibility index (Phi) is 6.03. The van der Waals surface area contributed by atoms with Crippen LogP contribution in [-0.2, 0) is 9.53 Å². The Bertz CT molecular complexity index is 1020. The van der Waals surface area contributed by atoms with Crippen molar-refractivity contribution < 1.29 is 19.1 Å². The van der Waals surface area contributed by atoms with E-state index in [4.69, 9.17) is 4.74 Å². The van der Waals surface area contributed by atoms with Crippen LogP contribution in [0.1, 0.15) is 15.9 Å². The molecule has 2 aliphatic heterocycles. The summed E-state index contributed by atoms with van der Waals surface area (Å²) in [6.07, 6.45) is 1.45. The van der Waals surface area contributed by atoms with Crippen molar-refractivity contribution in [3.8, 4) is 0 Å². The molecule has 2 aromatic rings. The standard InChI is InChI=1S/C21H19BrN4O4/c22-15-3-1-14(2-4-15)12-23-21(29)24-16-5-6-18-17(11-16)19(27)20(28)26(18)13-25-7-9-30-10-8-25/h1-6,11-12H,7-10,13H2,(H,24,29)/b23-12+. The first-order valence-electron chi connectivity index (χ1n) is 9.42. The third-order valence-electron chi connectivity index (χ3n) is 4.87. The van der Waals surface area contributed by atoms with Gasteiger partial charge in [-0.2, -0.15) is 0 Å². The molecule has 1 saturated heterocycles. The van der Waals surface area contributed by atoms with Crippen molar-refractivity contribution in [1.29, 1.82) is 0 Å². The zero-order chi connectivity index (χ0) is 21.1. The number of urea groups is 1. The first-order chi connectivity index (χ1) is 14.5. The van der Waals surface area contributed by atoms with Crippen molar-refractivity contribution in [3.63, 3.8) is 0 Å². The van der Waals surface area contributed by atoms with E-state index in [0.717, 1.165) is 10.0 Å². The Morgan fingerprint density at radius 2 is 1.87 bits per heavy atom. The molecule has 0 aliphatic carbocycles. The highest BCUT2D eigenvalue weighted by molar-refractivity contribution is 9.10. The lowest BCUT2D eigenvalue weighted by Gasteiger charge is -2.30. The van der Waals surface area contributed by atoms with Gasteiger partial charge in [0.15, 0.2) is 0 Å². The van der Waals surface area contributed by atoms with E-state index in [9.17, 15) is 14.4 Å². The van der Waals surface area contributed by atoms with Gasteiger partial charge in [0, 0.05) is 29.5 Å². The molecule has 9 heteroatoms. The summed E-state index contributed by atoms with van der Waals surface area (Å²) in [6, 6.07) is 11.6. The van der Waals surface area contributed by atoms with Crippen LogP contribution in [0.3, 0.4) is 0 Å². The van der Waals surface area contributed by atoms with Crippen molar-refractivity contribution in [2.75, 3.05) is 43.2 Å². The number of rotatable bonds is 4. The first-order valence-corrected chi connectivity index (χ1v) is 10.2. The Balaban J connectivity index is 1.45. The highest BCUT2D eigenvalue weighted by Crippen LogP contribution is 2.31. The summed E-state index contributed by atoms with van der Waals surface area (Å²) >= 11 is 3.35. The number of nitrogens with zero attached hydrogens (tertiary/aromatic N) is 3. The van der Waals surface area contributed by atoms with Crippen LogP contribution in [-0.4, -0.2) is 61.8 Å². The number of halogens is 1. The SMILES string of the molecule is O=C(/N=C/c1ccc(Br)cc1)Nc1ccc2c(c1)C(=O)C(=O)N2CN1CCOCC1. The number of ether oxygens (including phenoxy) is 1. The van der Waals surface area contributed by atoms with Gasteiger partial charge in [-0.1, -0.05) is 28.1 Å². The second-order valence-corrected chi connectivity index (χ2v) is 7.82. The van der Waals surface area contributed by atoms with Crippen LogP contribution >= 0.6 is 15.9 Å². The maximum Gasteiger partial charge on any atom is 0.345 e. The van der Waals surface area contributed by atoms with Gasteiger partial charge in [0.2, 0.25) is 0 Å². The molecule has 0 bridgehead atoms. The normalized spacial score (nSPS) is 16.9. The summed E-state index contributed by atoms with van der Waals surface area (Å²) in [7, 11) is 0. The Morgan fingerprint density at radius 1 is 1.13 bits per heavy atom. The van der Waals surface area contributed by atoms with E-state index in [1.54, 1.807) is 12.1 Å². The maximum absolute atomic E-state index is 12.5. The van der Waals surface area contributed by atoms with Crippen LogP contribution < -0.4 is 10.2 Å². The molecule has 0 aromatic heterocycles. The van der Waals surface area contributed by atoms with Crippen molar-refractivity contribution in [2.45, 2.75) is 0 Å². The number of amides is 3. The number of fused-ring (bicyclic) bond motifs is 1. The number of carbonyl (C=O) groups excluding carboxylic acids is 3. The summed E-state index contributed by atoms with van der Waals surface area (Å²) in [5, 5.41) is 2.63. The third-order valence-corrected chi connectivity index (χ3v) is 5.40. The molecule has 2 aliphatic rings. The van der Waals surface area contributed by atoms with Gasteiger partial charge in [-0.05, 0) is 35.9 Å². The van der Waals surface area contributed by atoms with Gasteiger partial charge in [-0.3, -0.25) is 19.4 Å². The average molecular weight is 471 g/mol.